The van der Waals surface area contributed by atoms with Gasteiger partial charge in [0, 0.05) is 18.4 Å². The monoisotopic (exact) mass is 393 g/mol. The molecular formula is C20H18F3NO4. The van der Waals surface area contributed by atoms with Crippen LogP contribution in [0.1, 0.15) is 15.9 Å². The molecule has 0 aliphatic heterocycles. The molecule has 148 valence electrons. The molecule has 0 bridgehead atoms. The van der Waals surface area contributed by atoms with Crippen LogP contribution in [-0.4, -0.2) is 38.2 Å². The molecule has 0 saturated heterocycles. The smallest absolute Gasteiger partial charge is 0.471 e. The van der Waals surface area contributed by atoms with Gasteiger partial charge in [0.05, 0.1) is 6.61 Å². The summed E-state index contributed by atoms with van der Waals surface area (Å²) in [5, 5.41) is 1.76. The Balaban J connectivity index is 2.00. The Morgan fingerprint density at radius 1 is 1.07 bits per heavy atom. The number of carbonyl (C=O) groups is 2. The summed E-state index contributed by atoms with van der Waals surface area (Å²) in [7, 11) is 1.57. The van der Waals surface area contributed by atoms with Crippen molar-refractivity contribution < 1.29 is 32.2 Å². The van der Waals surface area contributed by atoms with E-state index in [1.54, 1.807) is 42.8 Å². The lowest BCUT2D eigenvalue weighted by Crippen LogP contribution is -2.29. The molecule has 2 aromatic carbocycles. The van der Waals surface area contributed by atoms with Gasteiger partial charge in [-0.15, -0.1) is 0 Å². The number of alkyl halides is 3. The topological polar surface area (TPSA) is 64.6 Å². The van der Waals surface area contributed by atoms with Gasteiger partial charge in [-0.25, -0.2) is 0 Å². The molecular weight excluding hydrogens is 375 g/mol. The Hall–Kier alpha value is -3.13. The van der Waals surface area contributed by atoms with Gasteiger partial charge in [-0.1, -0.05) is 18.2 Å². The van der Waals surface area contributed by atoms with Crippen LogP contribution in [0.2, 0.25) is 0 Å². The predicted molar refractivity (Wildman–Crippen MR) is 98.3 cm³/mol. The predicted octanol–water partition coefficient (Wildman–Crippen LogP) is 4.11. The van der Waals surface area contributed by atoms with Crippen LogP contribution in [0.5, 0.6) is 5.75 Å². The van der Waals surface area contributed by atoms with Gasteiger partial charge >= 0.3 is 12.1 Å². The van der Waals surface area contributed by atoms with Gasteiger partial charge in [0.2, 0.25) is 0 Å². The number of nitrogens with one attached hydrogen (secondary N) is 1. The molecule has 2 aromatic rings. The molecule has 0 saturated carbocycles. The summed E-state index contributed by atoms with van der Waals surface area (Å²) in [4.78, 5) is 23.2. The number of amides is 1. The van der Waals surface area contributed by atoms with Gasteiger partial charge in [-0.05, 0) is 48.0 Å². The van der Waals surface area contributed by atoms with Crippen LogP contribution >= 0.6 is 0 Å². The summed E-state index contributed by atoms with van der Waals surface area (Å²) in [5.41, 5.74) is 0.874. The van der Waals surface area contributed by atoms with Gasteiger partial charge in [-0.3, -0.25) is 9.59 Å². The zero-order valence-corrected chi connectivity index (χ0v) is 15.0. The van der Waals surface area contributed by atoms with Crippen LogP contribution in [0.15, 0.2) is 54.6 Å². The second-order valence-electron chi connectivity index (χ2n) is 5.64. The molecule has 1 amide bonds. The third kappa shape index (κ3) is 6.55. The molecule has 0 fully saturated rings. The molecule has 5 nitrogen and oxygen atoms in total. The quantitative estimate of drug-likeness (QED) is 0.417. The molecule has 0 heterocycles. The van der Waals surface area contributed by atoms with E-state index in [0.717, 1.165) is 0 Å². The highest BCUT2D eigenvalue weighted by molar-refractivity contribution is 6.07. The average molecular weight is 393 g/mol. The van der Waals surface area contributed by atoms with Crippen LogP contribution < -0.4 is 10.1 Å². The van der Waals surface area contributed by atoms with Crippen molar-refractivity contribution in [3.05, 3.63) is 65.7 Å². The second-order valence-corrected chi connectivity index (χ2v) is 5.64. The lowest BCUT2D eigenvalue weighted by molar-refractivity contribution is -0.167. The second kappa shape index (κ2) is 9.70. The molecule has 0 unspecified atom stereocenters. The van der Waals surface area contributed by atoms with E-state index in [1.165, 1.54) is 30.4 Å². The largest absolute Gasteiger partial charge is 0.491 e. The number of anilines is 1. The maximum Gasteiger partial charge on any atom is 0.471 e. The molecule has 1 N–H and O–H groups in total. The zero-order chi connectivity index (χ0) is 20.6. The number of rotatable bonds is 8. The van der Waals surface area contributed by atoms with Gasteiger partial charge < -0.3 is 14.8 Å². The van der Waals surface area contributed by atoms with E-state index in [4.69, 9.17) is 9.47 Å². The van der Waals surface area contributed by atoms with Gasteiger partial charge in [0.25, 0.3) is 0 Å². The minimum absolute atomic E-state index is 0.0190. The lowest BCUT2D eigenvalue weighted by atomic mass is 10.1. The van der Waals surface area contributed by atoms with Crippen LogP contribution in [0.3, 0.4) is 0 Å². The van der Waals surface area contributed by atoms with Crippen molar-refractivity contribution in [1.29, 1.82) is 0 Å². The van der Waals surface area contributed by atoms with E-state index in [2.05, 4.69) is 0 Å². The highest BCUT2D eigenvalue weighted by Crippen LogP contribution is 2.19. The fourth-order valence-corrected chi connectivity index (χ4v) is 2.15. The van der Waals surface area contributed by atoms with Crippen molar-refractivity contribution in [2.24, 2.45) is 0 Å². The maximum absolute atomic E-state index is 12.3. The summed E-state index contributed by atoms with van der Waals surface area (Å²) in [6, 6.07) is 12.3. The first-order chi connectivity index (χ1) is 13.3. The highest BCUT2D eigenvalue weighted by Gasteiger charge is 2.38. The number of halogens is 3. The Morgan fingerprint density at radius 2 is 1.79 bits per heavy atom. The summed E-state index contributed by atoms with van der Waals surface area (Å²) in [5.74, 6) is -1.74. The molecule has 0 atom stereocenters. The van der Waals surface area contributed by atoms with Gasteiger partial charge in [0.1, 0.15) is 12.4 Å². The molecule has 8 heteroatoms. The van der Waals surface area contributed by atoms with Crippen molar-refractivity contribution in [1.82, 2.24) is 0 Å². The fraction of sp³-hybridized carbons (Fsp3) is 0.200. The molecule has 0 aliphatic carbocycles. The number of benzene rings is 2. The summed E-state index contributed by atoms with van der Waals surface area (Å²) in [6.07, 6.45) is -2.22. The third-order valence-electron chi connectivity index (χ3n) is 3.52. The third-order valence-corrected chi connectivity index (χ3v) is 3.52. The molecule has 0 aromatic heterocycles. The van der Waals surface area contributed by atoms with E-state index in [1.807, 2.05) is 0 Å². The normalized spacial score (nSPS) is 11.4. The molecule has 0 spiro atoms. The van der Waals surface area contributed by atoms with Crippen molar-refractivity contribution >= 4 is 23.5 Å². The minimum atomic E-state index is -4.97. The van der Waals surface area contributed by atoms with E-state index in [-0.39, 0.29) is 11.5 Å². The number of ether oxygens (including phenoxy) is 2. The van der Waals surface area contributed by atoms with Crippen molar-refractivity contribution in [2.45, 2.75) is 6.18 Å². The number of methoxy groups -OCH3 is 1. The first kappa shape index (κ1) is 21.2. The van der Waals surface area contributed by atoms with E-state index < -0.39 is 12.1 Å². The molecule has 2 rings (SSSR count). The number of carbonyl (C=O) groups excluding carboxylic acids is 2. The Bertz CT molecular complexity index is 845. The van der Waals surface area contributed by atoms with Gasteiger partial charge in [-0.2, -0.15) is 13.2 Å². The SMILES string of the molecule is COCCOc1ccc(C(=O)/C=C/c2cccc(NC(=O)C(F)(F)F)c2)cc1. The Labute approximate surface area is 159 Å². The summed E-state index contributed by atoms with van der Waals surface area (Å²) < 4.78 is 47.2. The van der Waals surface area contributed by atoms with Crippen LogP contribution in [0.25, 0.3) is 6.08 Å². The van der Waals surface area contributed by atoms with Crippen molar-refractivity contribution in [3.8, 4) is 5.75 Å². The fourth-order valence-electron chi connectivity index (χ4n) is 2.15. The molecule has 0 radical (unpaired) electrons. The highest BCUT2D eigenvalue weighted by atomic mass is 19.4. The first-order valence-electron chi connectivity index (χ1n) is 8.22. The minimum Gasteiger partial charge on any atom is -0.491 e. The zero-order valence-electron chi connectivity index (χ0n) is 15.0. The van der Waals surface area contributed by atoms with E-state index in [0.29, 0.717) is 30.1 Å². The average Bonchev–Trinajstić information content (AvgIpc) is 2.66. The van der Waals surface area contributed by atoms with E-state index in [9.17, 15) is 22.8 Å². The maximum atomic E-state index is 12.3. The Morgan fingerprint density at radius 3 is 2.43 bits per heavy atom. The number of hydrogen-bond donors (Lipinski definition) is 1. The standard InChI is InChI=1S/C20H18F3NO4/c1-27-11-12-28-17-8-6-15(7-9-17)18(25)10-5-14-3-2-4-16(13-14)24-19(26)20(21,22)23/h2-10,13H,11-12H2,1H3,(H,24,26)/b10-5+. The van der Waals surface area contributed by atoms with Gasteiger partial charge in [0.15, 0.2) is 5.78 Å². The first-order valence-corrected chi connectivity index (χ1v) is 8.22. The molecule has 28 heavy (non-hydrogen) atoms. The Kier molecular flexibility index (Phi) is 7.34. The van der Waals surface area contributed by atoms with Crippen LogP contribution in [0.4, 0.5) is 18.9 Å². The van der Waals surface area contributed by atoms with Crippen LogP contribution in [-0.2, 0) is 9.53 Å². The lowest BCUT2D eigenvalue weighted by Gasteiger charge is -2.08. The number of ketones is 1. The summed E-state index contributed by atoms with van der Waals surface area (Å²) in [6.45, 7) is 0.844. The van der Waals surface area contributed by atoms with Crippen molar-refractivity contribution in [3.63, 3.8) is 0 Å². The van der Waals surface area contributed by atoms with Crippen LogP contribution in [0, 0.1) is 0 Å². The van der Waals surface area contributed by atoms with E-state index >= 15 is 0 Å². The number of hydrogen-bond acceptors (Lipinski definition) is 4. The van der Waals surface area contributed by atoms with Crippen molar-refractivity contribution in [2.75, 3.05) is 25.6 Å². The number of allylic oxidation sites excluding steroid dienone is 1. The molecule has 0 aliphatic rings. The summed E-state index contributed by atoms with van der Waals surface area (Å²) >= 11 is 0.